The van der Waals surface area contributed by atoms with Gasteiger partial charge in [-0.05, 0) is 42.0 Å². The summed E-state index contributed by atoms with van der Waals surface area (Å²) >= 11 is 0. The van der Waals surface area contributed by atoms with Crippen molar-refractivity contribution in [1.29, 1.82) is 0 Å². The molecule has 0 spiro atoms. The van der Waals surface area contributed by atoms with Gasteiger partial charge in [0.1, 0.15) is 19.0 Å². The molecule has 2 aliphatic heterocycles. The molecule has 10 heteroatoms. The molecule has 6 rings (SSSR count). The molecule has 1 aromatic heterocycles. The number of halogens is 1. The zero-order chi connectivity index (χ0) is 25.4. The maximum atomic E-state index is 14.3. The molecule has 2 N–H and O–H groups in total. The fraction of sp³-hybridized carbons (Fsp3) is 0.185. The molecule has 0 fully saturated rings. The van der Waals surface area contributed by atoms with Crippen LogP contribution in [-0.4, -0.2) is 35.9 Å². The summed E-state index contributed by atoms with van der Waals surface area (Å²) in [5.41, 5.74) is 1.40. The SMILES string of the molecule is O=C(Nc1ccccc1F)N(Cc1ccc2c(c1)OCO2)Cc1cc2cc3c(cc2[nH]c1=O)OCCO3. The summed E-state index contributed by atoms with van der Waals surface area (Å²) in [5, 5.41) is 3.34. The van der Waals surface area contributed by atoms with E-state index in [1.54, 1.807) is 36.4 Å². The zero-order valence-corrected chi connectivity index (χ0v) is 19.6. The number of carbonyl (C=O) groups is 1. The van der Waals surface area contributed by atoms with Gasteiger partial charge in [-0.2, -0.15) is 0 Å². The number of ether oxygens (including phenoxy) is 4. The van der Waals surface area contributed by atoms with E-state index in [0.717, 1.165) is 10.9 Å². The van der Waals surface area contributed by atoms with Gasteiger partial charge in [-0.25, -0.2) is 9.18 Å². The van der Waals surface area contributed by atoms with Crippen molar-refractivity contribution in [2.75, 3.05) is 25.3 Å². The first kappa shape index (κ1) is 22.7. The number of amides is 2. The molecule has 0 saturated carbocycles. The molecule has 2 amide bonds. The molecule has 0 unspecified atom stereocenters. The number of para-hydroxylation sites is 1. The molecule has 0 saturated heterocycles. The summed E-state index contributed by atoms with van der Waals surface area (Å²) in [5.74, 6) is 1.78. The van der Waals surface area contributed by atoms with E-state index in [1.807, 2.05) is 6.07 Å². The molecular weight excluding hydrogens is 481 g/mol. The highest BCUT2D eigenvalue weighted by Gasteiger charge is 2.21. The highest BCUT2D eigenvalue weighted by Crippen LogP contribution is 2.34. The Hall–Kier alpha value is -4.73. The van der Waals surface area contributed by atoms with Crippen molar-refractivity contribution >= 4 is 22.6 Å². The number of nitrogens with one attached hydrogen (secondary N) is 2. The van der Waals surface area contributed by atoms with Gasteiger partial charge >= 0.3 is 6.03 Å². The Morgan fingerprint density at radius 3 is 2.49 bits per heavy atom. The maximum absolute atomic E-state index is 14.3. The summed E-state index contributed by atoms with van der Waals surface area (Å²) in [7, 11) is 0. The van der Waals surface area contributed by atoms with Crippen molar-refractivity contribution in [2.24, 2.45) is 0 Å². The van der Waals surface area contributed by atoms with Crippen molar-refractivity contribution in [2.45, 2.75) is 13.1 Å². The molecule has 3 heterocycles. The average Bonchev–Trinajstić information content (AvgIpc) is 3.37. The van der Waals surface area contributed by atoms with Crippen LogP contribution in [0.2, 0.25) is 0 Å². The predicted molar refractivity (Wildman–Crippen MR) is 133 cm³/mol. The standard InChI is InChI=1S/C27H22FN3O6/c28-19-3-1-2-4-20(19)30-27(33)31(13-16-5-6-22-23(9-16)37-15-36-22)14-18-10-17-11-24-25(35-8-7-34-24)12-21(17)29-26(18)32/h1-6,9-12H,7-8,13-15H2,(H,29,32)(H,30,33). The molecule has 0 bridgehead atoms. The summed E-state index contributed by atoms with van der Waals surface area (Å²) in [4.78, 5) is 30.6. The number of rotatable bonds is 5. The number of aromatic amines is 1. The molecule has 9 nitrogen and oxygen atoms in total. The quantitative estimate of drug-likeness (QED) is 0.419. The number of nitrogens with zero attached hydrogens (tertiary/aromatic N) is 1. The Morgan fingerprint density at radius 1 is 0.892 bits per heavy atom. The maximum Gasteiger partial charge on any atom is 0.322 e. The Labute approximate surface area is 210 Å². The van der Waals surface area contributed by atoms with Gasteiger partial charge in [0.05, 0.1) is 17.7 Å². The minimum atomic E-state index is -0.565. The number of fused-ring (bicyclic) bond motifs is 3. The smallest absolute Gasteiger partial charge is 0.322 e. The first-order chi connectivity index (χ1) is 18.0. The van der Waals surface area contributed by atoms with E-state index >= 15 is 0 Å². The third-order valence-corrected chi connectivity index (χ3v) is 6.16. The number of hydrogen-bond donors (Lipinski definition) is 2. The topological polar surface area (TPSA) is 102 Å². The minimum Gasteiger partial charge on any atom is -0.486 e. The lowest BCUT2D eigenvalue weighted by Gasteiger charge is -2.24. The lowest BCUT2D eigenvalue weighted by Crippen LogP contribution is -2.36. The summed E-state index contributed by atoms with van der Waals surface area (Å²) in [6, 6.07) is 15.9. The van der Waals surface area contributed by atoms with Crippen LogP contribution in [0.5, 0.6) is 23.0 Å². The average molecular weight is 503 g/mol. The van der Waals surface area contributed by atoms with E-state index in [2.05, 4.69) is 10.3 Å². The van der Waals surface area contributed by atoms with Gasteiger partial charge in [-0.3, -0.25) is 4.79 Å². The summed E-state index contributed by atoms with van der Waals surface area (Å²) < 4.78 is 36.3. The van der Waals surface area contributed by atoms with E-state index in [1.165, 1.54) is 23.1 Å². The second-order valence-corrected chi connectivity index (χ2v) is 8.66. The monoisotopic (exact) mass is 503 g/mol. The second-order valence-electron chi connectivity index (χ2n) is 8.66. The van der Waals surface area contributed by atoms with Gasteiger partial charge in [0.15, 0.2) is 23.0 Å². The van der Waals surface area contributed by atoms with Crippen molar-refractivity contribution in [3.63, 3.8) is 0 Å². The van der Waals surface area contributed by atoms with Crippen LogP contribution in [-0.2, 0) is 13.1 Å². The van der Waals surface area contributed by atoms with E-state index in [9.17, 15) is 14.0 Å². The van der Waals surface area contributed by atoms with Gasteiger partial charge in [0.25, 0.3) is 5.56 Å². The molecule has 3 aromatic carbocycles. The Balaban J connectivity index is 1.33. The van der Waals surface area contributed by atoms with Crippen LogP contribution >= 0.6 is 0 Å². The Morgan fingerprint density at radius 2 is 1.65 bits per heavy atom. The van der Waals surface area contributed by atoms with Crippen LogP contribution in [0.3, 0.4) is 0 Å². The van der Waals surface area contributed by atoms with Gasteiger partial charge < -0.3 is 34.1 Å². The molecule has 0 aliphatic carbocycles. The number of anilines is 1. The summed E-state index contributed by atoms with van der Waals surface area (Å²) in [6.07, 6.45) is 0. The van der Waals surface area contributed by atoms with Crippen LogP contribution in [0, 0.1) is 5.82 Å². The van der Waals surface area contributed by atoms with Crippen molar-refractivity contribution in [3.05, 3.63) is 88.0 Å². The largest absolute Gasteiger partial charge is 0.486 e. The number of urea groups is 1. The van der Waals surface area contributed by atoms with Gasteiger partial charge in [-0.1, -0.05) is 18.2 Å². The second kappa shape index (κ2) is 9.38. The fourth-order valence-corrected chi connectivity index (χ4v) is 4.33. The van der Waals surface area contributed by atoms with Gasteiger partial charge in [-0.15, -0.1) is 0 Å². The fourth-order valence-electron chi connectivity index (χ4n) is 4.33. The van der Waals surface area contributed by atoms with E-state index in [0.29, 0.717) is 47.3 Å². The number of H-pyrrole nitrogens is 1. The summed E-state index contributed by atoms with van der Waals surface area (Å²) in [6.45, 7) is 1.10. The van der Waals surface area contributed by atoms with Crippen LogP contribution in [0.4, 0.5) is 14.9 Å². The Kier molecular flexibility index (Phi) is 5.76. The first-order valence-electron chi connectivity index (χ1n) is 11.7. The first-order valence-corrected chi connectivity index (χ1v) is 11.7. The number of benzene rings is 3. The molecule has 2 aliphatic rings. The van der Waals surface area contributed by atoms with E-state index in [-0.39, 0.29) is 31.1 Å². The molecule has 0 radical (unpaired) electrons. The number of aromatic nitrogens is 1. The van der Waals surface area contributed by atoms with Gasteiger partial charge in [0, 0.05) is 23.6 Å². The number of hydrogen-bond acceptors (Lipinski definition) is 6. The molecule has 4 aromatic rings. The normalized spacial score (nSPS) is 13.4. The van der Waals surface area contributed by atoms with Gasteiger partial charge in [0.2, 0.25) is 6.79 Å². The van der Waals surface area contributed by atoms with Crippen LogP contribution in [0.15, 0.2) is 65.5 Å². The number of pyridine rings is 1. The zero-order valence-electron chi connectivity index (χ0n) is 19.6. The predicted octanol–water partition coefficient (Wildman–Crippen LogP) is 4.40. The third kappa shape index (κ3) is 4.61. The lowest BCUT2D eigenvalue weighted by atomic mass is 10.1. The van der Waals surface area contributed by atoms with Crippen molar-refractivity contribution in [1.82, 2.24) is 9.88 Å². The third-order valence-electron chi connectivity index (χ3n) is 6.16. The lowest BCUT2D eigenvalue weighted by molar-refractivity contribution is 0.172. The van der Waals surface area contributed by atoms with Crippen LogP contribution in [0.25, 0.3) is 10.9 Å². The highest BCUT2D eigenvalue weighted by atomic mass is 19.1. The van der Waals surface area contributed by atoms with Crippen LogP contribution in [0.1, 0.15) is 11.1 Å². The Bertz CT molecular complexity index is 1570. The molecule has 0 atom stereocenters. The van der Waals surface area contributed by atoms with Crippen molar-refractivity contribution < 1.29 is 28.1 Å². The van der Waals surface area contributed by atoms with Crippen molar-refractivity contribution in [3.8, 4) is 23.0 Å². The minimum absolute atomic E-state index is 0.0333. The van der Waals surface area contributed by atoms with E-state index < -0.39 is 11.8 Å². The molecular formula is C27H22FN3O6. The molecule has 37 heavy (non-hydrogen) atoms. The van der Waals surface area contributed by atoms with E-state index in [4.69, 9.17) is 18.9 Å². The molecule has 188 valence electrons. The van der Waals surface area contributed by atoms with Crippen LogP contribution < -0.4 is 29.8 Å². The number of carbonyl (C=O) groups excluding carboxylic acids is 1. The highest BCUT2D eigenvalue weighted by molar-refractivity contribution is 5.89.